The van der Waals surface area contributed by atoms with Crippen molar-refractivity contribution >= 4 is 28.8 Å². The maximum absolute atomic E-state index is 12.9. The van der Waals surface area contributed by atoms with E-state index in [9.17, 15) is 14.7 Å². The molecule has 0 amide bonds. The second-order valence-electron chi connectivity index (χ2n) is 5.66. The lowest BCUT2D eigenvalue weighted by atomic mass is 9.82. The highest BCUT2D eigenvalue weighted by Crippen LogP contribution is 2.36. The molecule has 0 saturated carbocycles. The third-order valence-electron chi connectivity index (χ3n) is 3.74. The van der Waals surface area contributed by atoms with Crippen molar-refractivity contribution in [3.8, 4) is 10.8 Å². The number of aliphatic imine (C=N–C) groups is 1. The number of carboxylic acids is 1. The summed E-state index contributed by atoms with van der Waals surface area (Å²) in [6.07, 6.45) is 3.01. The van der Waals surface area contributed by atoms with Crippen LogP contribution in [-0.4, -0.2) is 34.6 Å². The summed E-state index contributed by atoms with van der Waals surface area (Å²) in [6.45, 7) is 6.57. The molecule has 0 aromatic carbocycles. The number of carbonyl (C=O) groups excluding carboxylic acids is 1. The topological polar surface area (TPSA) is 92.8 Å². The first kappa shape index (κ1) is 17.1. The zero-order chi connectivity index (χ0) is 17.4. The number of aryl methyl sites for hydroxylation is 1. The lowest BCUT2D eigenvalue weighted by molar-refractivity contribution is -0.143. The molecule has 0 radical (unpaired) electrons. The molecule has 0 atom stereocenters. The van der Waals surface area contributed by atoms with E-state index in [-0.39, 0.29) is 11.5 Å². The number of carbonyl (C=O) groups is 2. The van der Waals surface area contributed by atoms with Crippen LogP contribution >= 0.6 is 11.3 Å². The summed E-state index contributed by atoms with van der Waals surface area (Å²) in [7, 11) is 1.43. The molecule has 0 aliphatic carbocycles. The highest BCUT2D eigenvalue weighted by molar-refractivity contribution is 7.16. The van der Waals surface area contributed by atoms with Gasteiger partial charge in [-0.3, -0.25) is 14.6 Å². The summed E-state index contributed by atoms with van der Waals surface area (Å²) in [6, 6.07) is 0. The van der Waals surface area contributed by atoms with Crippen LogP contribution in [0.3, 0.4) is 0 Å². The molecule has 0 aliphatic heterocycles. The van der Waals surface area contributed by atoms with Crippen molar-refractivity contribution in [3.63, 3.8) is 0 Å². The Morgan fingerprint density at radius 2 is 2.00 bits per heavy atom. The van der Waals surface area contributed by atoms with Crippen molar-refractivity contribution in [1.29, 1.82) is 0 Å². The van der Waals surface area contributed by atoms with Crippen LogP contribution in [0.4, 0.5) is 0 Å². The average molecular weight is 334 g/mol. The molecule has 1 N–H and O–H groups in total. The molecule has 0 unspecified atom stereocenters. The number of ketones is 1. The van der Waals surface area contributed by atoms with E-state index in [1.807, 2.05) is 6.92 Å². The number of aromatic nitrogens is 1. The molecule has 0 aliphatic rings. The maximum atomic E-state index is 12.9. The predicted octanol–water partition coefficient (Wildman–Crippen LogP) is 3.38. The molecule has 0 fully saturated rings. The fraction of sp³-hybridized carbons (Fsp3) is 0.375. The number of thiophene rings is 1. The van der Waals surface area contributed by atoms with Crippen LogP contribution in [0.1, 0.15) is 34.6 Å². The monoisotopic (exact) mass is 334 g/mol. The number of carboxylic acid groups (broad SMARTS) is 1. The number of hydrogen-bond donors (Lipinski definition) is 1. The zero-order valence-corrected chi connectivity index (χ0v) is 14.4. The number of nitrogens with zero attached hydrogens (tertiary/aromatic N) is 2. The molecule has 2 heterocycles. The van der Waals surface area contributed by atoms with E-state index in [0.29, 0.717) is 11.5 Å². The number of rotatable bonds is 5. The highest BCUT2D eigenvalue weighted by Gasteiger charge is 2.39. The quantitative estimate of drug-likeness (QED) is 0.668. The minimum Gasteiger partial charge on any atom is -0.481 e. The molecule has 2 rings (SSSR count). The van der Waals surface area contributed by atoms with Crippen molar-refractivity contribution in [2.45, 2.75) is 27.7 Å². The first-order valence-electron chi connectivity index (χ1n) is 6.97. The van der Waals surface area contributed by atoms with E-state index in [2.05, 4.69) is 9.98 Å². The Hall–Kier alpha value is -2.28. The minimum atomic E-state index is -1.37. The Morgan fingerprint density at radius 1 is 1.35 bits per heavy atom. The molecular weight excluding hydrogens is 316 g/mol. The third kappa shape index (κ3) is 2.84. The number of Topliss-reactive ketones (excluding diaryl/α,β-unsaturated/α-hetero) is 1. The largest absolute Gasteiger partial charge is 0.481 e. The number of hydrogen-bond acceptors (Lipinski definition) is 6. The van der Waals surface area contributed by atoms with Gasteiger partial charge in [0.25, 0.3) is 0 Å². The van der Waals surface area contributed by atoms with Gasteiger partial charge in [-0.05, 0) is 33.3 Å². The first-order valence-corrected chi connectivity index (χ1v) is 7.78. The lowest BCUT2D eigenvalue weighted by Gasteiger charge is -2.20. The molecule has 0 bridgehead atoms. The van der Waals surface area contributed by atoms with Crippen molar-refractivity contribution in [3.05, 3.63) is 28.5 Å². The van der Waals surface area contributed by atoms with Crippen molar-refractivity contribution in [2.24, 2.45) is 10.4 Å². The average Bonchev–Trinajstić information content (AvgIpc) is 3.07. The second kappa shape index (κ2) is 6.08. The van der Waals surface area contributed by atoms with Gasteiger partial charge in [0.05, 0.1) is 16.8 Å². The number of oxazole rings is 1. The van der Waals surface area contributed by atoms with Gasteiger partial charge in [-0.2, -0.15) is 0 Å². The van der Waals surface area contributed by atoms with Gasteiger partial charge in [0.1, 0.15) is 11.7 Å². The summed E-state index contributed by atoms with van der Waals surface area (Å²) in [5.41, 5.74) is -0.149. The van der Waals surface area contributed by atoms with Crippen LogP contribution < -0.4 is 0 Å². The fourth-order valence-corrected chi connectivity index (χ4v) is 3.51. The van der Waals surface area contributed by atoms with E-state index < -0.39 is 11.4 Å². The van der Waals surface area contributed by atoms with Gasteiger partial charge >= 0.3 is 5.97 Å². The Labute approximate surface area is 137 Å². The molecule has 2 aromatic rings. The maximum Gasteiger partial charge on any atom is 0.315 e. The Morgan fingerprint density at radius 3 is 2.48 bits per heavy atom. The molecule has 23 heavy (non-hydrogen) atoms. The smallest absolute Gasteiger partial charge is 0.315 e. The summed E-state index contributed by atoms with van der Waals surface area (Å²) < 4.78 is 5.30. The summed E-state index contributed by atoms with van der Waals surface area (Å²) in [5.74, 6) is -1.02. The minimum absolute atomic E-state index is 0.0213. The van der Waals surface area contributed by atoms with Crippen LogP contribution in [0.25, 0.3) is 10.8 Å². The summed E-state index contributed by atoms with van der Waals surface area (Å²) in [4.78, 5) is 34.0. The lowest BCUT2D eigenvalue weighted by Crippen LogP contribution is -2.38. The summed E-state index contributed by atoms with van der Waals surface area (Å²) in [5, 5.41) is 9.38. The van der Waals surface area contributed by atoms with E-state index in [1.54, 1.807) is 6.92 Å². The highest BCUT2D eigenvalue weighted by atomic mass is 32.1. The normalized spacial score (nSPS) is 12.5. The van der Waals surface area contributed by atoms with Crippen LogP contribution in [0, 0.1) is 19.3 Å². The van der Waals surface area contributed by atoms with E-state index in [1.165, 1.54) is 44.7 Å². The summed E-state index contributed by atoms with van der Waals surface area (Å²) >= 11 is 1.39. The van der Waals surface area contributed by atoms with E-state index in [4.69, 9.17) is 4.42 Å². The standard InChI is InChI=1S/C16H18N2O4S/c1-8-10(9(2)23-12(8)14-18-6-7-22-14)11(19)13(17-5)16(3,4)15(20)21/h6-7H,1-5H3,(H,20,21). The molecule has 6 nitrogen and oxygen atoms in total. The van der Waals surface area contributed by atoms with Crippen LogP contribution in [0.2, 0.25) is 0 Å². The van der Waals surface area contributed by atoms with Crippen molar-refractivity contribution in [2.75, 3.05) is 7.05 Å². The Bertz CT molecular complexity index is 785. The second-order valence-corrected chi connectivity index (χ2v) is 6.88. The van der Waals surface area contributed by atoms with Gasteiger partial charge in [-0.15, -0.1) is 11.3 Å². The van der Waals surface area contributed by atoms with Gasteiger partial charge in [0, 0.05) is 17.5 Å². The molecular formula is C16H18N2O4S. The number of aliphatic carboxylic acids is 1. The predicted molar refractivity (Wildman–Crippen MR) is 88.4 cm³/mol. The Balaban J connectivity index is 2.55. The fourth-order valence-electron chi connectivity index (χ4n) is 2.41. The molecule has 7 heteroatoms. The third-order valence-corrected chi connectivity index (χ3v) is 4.94. The van der Waals surface area contributed by atoms with Gasteiger partial charge < -0.3 is 9.52 Å². The van der Waals surface area contributed by atoms with Crippen LogP contribution in [0.5, 0.6) is 0 Å². The SMILES string of the molecule is CN=C(C(=O)c1c(C)sc(-c2ncco2)c1C)C(C)(C)C(=O)O. The van der Waals surface area contributed by atoms with Gasteiger partial charge in [0.2, 0.25) is 11.7 Å². The molecule has 0 spiro atoms. The molecule has 122 valence electrons. The first-order chi connectivity index (χ1) is 10.7. The van der Waals surface area contributed by atoms with Gasteiger partial charge in [-0.1, -0.05) is 0 Å². The van der Waals surface area contributed by atoms with Gasteiger partial charge in [-0.25, -0.2) is 4.98 Å². The van der Waals surface area contributed by atoms with E-state index >= 15 is 0 Å². The van der Waals surface area contributed by atoms with Gasteiger partial charge in [0.15, 0.2) is 0 Å². The van der Waals surface area contributed by atoms with Crippen LogP contribution in [0.15, 0.2) is 21.9 Å². The molecule has 2 aromatic heterocycles. The Kier molecular flexibility index (Phi) is 4.51. The zero-order valence-electron chi connectivity index (χ0n) is 13.6. The van der Waals surface area contributed by atoms with E-state index in [0.717, 1.165) is 15.3 Å². The van der Waals surface area contributed by atoms with Crippen molar-refractivity contribution < 1.29 is 19.1 Å². The van der Waals surface area contributed by atoms with Crippen molar-refractivity contribution in [1.82, 2.24) is 4.98 Å². The van der Waals surface area contributed by atoms with Crippen LogP contribution in [-0.2, 0) is 4.79 Å². The molecule has 0 saturated heterocycles.